The Morgan fingerprint density at radius 3 is 2.78 bits per heavy atom. The van der Waals surface area contributed by atoms with Gasteiger partial charge < -0.3 is 9.88 Å². The number of hydrogen-bond donors (Lipinski definition) is 1. The molecular formula is C13H23N5. The van der Waals surface area contributed by atoms with Gasteiger partial charge in [-0.05, 0) is 33.2 Å². The standard InChI is InChI=1S/C13H23N5/c1-13(2,10-14)7-4-5-8-15-9-6-12-17-16-11-18(12)3/h11,15H,4-9H2,1-3H3. The average molecular weight is 249 g/mol. The molecule has 0 atom stereocenters. The minimum absolute atomic E-state index is 0.182. The van der Waals surface area contributed by atoms with E-state index in [4.69, 9.17) is 5.26 Å². The summed E-state index contributed by atoms with van der Waals surface area (Å²) in [5.41, 5.74) is -0.182. The summed E-state index contributed by atoms with van der Waals surface area (Å²) in [4.78, 5) is 0. The van der Waals surface area contributed by atoms with Gasteiger partial charge in [-0.15, -0.1) is 10.2 Å². The Balaban J connectivity index is 2.00. The van der Waals surface area contributed by atoms with Crippen LogP contribution in [0.1, 0.15) is 38.9 Å². The van der Waals surface area contributed by atoms with E-state index >= 15 is 0 Å². The summed E-state index contributed by atoms with van der Waals surface area (Å²) in [5.74, 6) is 1.01. The lowest BCUT2D eigenvalue weighted by Crippen LogP contribution is -2.20. The molecule has 5 heteroatoms. The molecule has 0 aliphatic carbocycles. The summed E-state index contributed by atoms with van der Waals surface area (Å²) in [6, 6.07) is 2.33. The number of nitriles is 1. The summed E-state index contributed by atoms with van der Waals surface area (Å²) >= 11 is 0. The summed E-state index contributed by atoms with van der Waals surface area (Å²) < 4.78 is 1.94. The normalized spacial score (nSPS) is 11.4. The molecule has 5 nitrogen and oxygen atoms in total. The van der Waals surface area contributed by atoms with Crippen molar-refractivity contribution in [3.63, 3.8) is 0 Å². The highest BCUT2D eigenvalue weighted by molar-refractivity contribution is 4.91. The zero-order valence-corrected chi connectivity index (χ0v) is 11.6. The molecule has 18 heavy (non-hydrogen) atoms. The van der Waals surface area contributed by atoms with E-state index < -0.39 is 0 Å². The molecular weight excluding hydrogens is 226 g/mol. The van der Waals surface area contributed by atoms with Crippen molar-refractivity contribution >= 4 is 0 Å². The lowest BCUT2D eigenvalue weighted by molar-refractivity contribution is 0.422. The van der Waals surface area contributed by atoms with Crippen molar-refractivity contribution in [1.29, 1.82) is 5.26 Å². The number of nitrogens with zero attached hydrogens (tertiary/aromatic N) is 4. The number of nitrogens with one attached hydrogen (secondary N) is 1. The van der Waals surface area contributed by atoms with Gasteiger partial charge in [0, 0.05) is 20.0 Å². The van der Waals surface area contributed by atoms with Crippen molar-refractivity contribution in [3.8, 4) is 6.07 Å². The number of hydrogen-bond acceptors (Lipinski definition) is 4. The number of aryl methyl sites for hydroxylation is 1. The van der Waals surface area contributed by atoms with Gasteiger partial charge in [0.2, 0.25) is 0 Å². The Morgan fingerprint density at radius 2 is 2.17 bits per heavy atom. The molecule has 0 aromatic carbocycles. The van der Waals surface area contributed by atoms with Crippen molar-refractivity contribution in [2.24, 2.45) is 12.5 Å². The first-order valence-electron chi connectivity index (χ1n) is 6.50. The third-order valence-electron chi connectivity index (χ3n) is 3.04. The Morgan fingerprint density at radius 1 is 1.39 bits per heavy atom. The lowest BCUT2D eigenvalue weighted by atomic mass is 9.89. The Bertz CT molecular complexity index is 388. The van der Waals surface area contributed by atoms with Crippen LogP contribution in [0.3, 0.4) is 0 Å². The monoisotopic (exact) mass is 249 g/mol. The van der Waals surface area contributed by atoms with Gasteiger partial charge in [0.05, 0.1) is 11.5 Å². The zero-order valence-electron chi connectivity index (χ0n) is 11.6. The second-order valence-electron chi connectivity index (χ2n) is 5.31. The van der Waals surface area contributed by atoms with Gasteiger partial charge in [-0.1, -0.05) is 6.42 Å². The maximum atomic E-state index is 8.89. The highest BCUT2D eigenvalue weighted by Crippen LogP contribution is 2.21. The van der Waals surface area contributed by atoms with E-state index in [9.17, 15) is 0 Å². The van der Waals surface area contributed by atoms with Gasteiger partial charge in [0.1, 0.15) is 12.2 Å². The summed E-state index contributed by atoms with van der Waals surface area (Å²) in [5, 5.41) is 20.1. The molecule has 0 spiro atoms. The second-order valence-corrected chi connectivity index (χ2v) is 5.31. The van der Waals surface area contributed by atoms with Crippen LogP contribution in [0.25, 0.3) is 0 Å². The molecule has 0 aliphatic rings. The van der Waals surface area contributed by atoms with Gasteiger partial charge in [-0.2, -0.15) is 5.26 Å². The molecule has 1 rings (SSSR count). The molecule has 0 aliphatic heterocycles. The number of aromatic nitrogens is 3. The molecule has 100 valence electrons. The SMILES string of the molecule is Cn1cnnc1CCNCCCCC(C)(C)C#N. The first-order chi connectivity index (χ1) is 8.55. The summed E-state index contributed by atoms with van der Waals surface area (Å²) in [6.07, 6.45) is 5.80. The largest absolute Gasteiger partial charge is 0.321 e. The van der Waals surface area contributed by atoms with Gasteiger partial charge in [-0.3, -0.25) is 0 Å². The van der Waals surface area contributed by atoms with Gasteiger partial charge in [0.15, 0.2) is 0 Å². The average Bonchev–Trinajstić information content (AvgIpc) is 2.74. The topological polar surface area (TPSA) is 66.5 Å². The van der Waals surface area contributed by atoms with Crippen LogP contribution >= 0.6 is 0 Å². The van der Waals surface area contributed by atoms with Crippen LogP contribution in [0.5, 0.6) is 0 Å². The first kappa shape index (κ1) is 14.7. The van der Waals surface area contributed by atoms with Crippen LogP contribution in [-0.2, 0) is 13.5 Å². The second kappa shape index (κ2) is 7.12. The van der Waals surface area contributed by atoms with E-state index in [1.807, 2.05) is 25.5 Å². The van der Waals surface area contributed by atoms with E-state index in [0.29, 0.717) is 0 Å². The molecule has 1 heterocycles. The van der Waals surface area contributed by atoms with Crippen molar-refractivity contribution in [2.75, 3.05) is 13.1 Å². The first-order valence-corrected chi connectivity index (χ1v) is 6.50. The predicted octanol–water partition coefficient (Wildman–Crippen LogP) is 1.67. The third-order valence-corrected chi connectivity index (χ3v) is 3.04. The number of rotatable bonds is 8. The predicted molar refractivity (Wildman–Crippen MR) is 70.8 cm³/mol. The molecule has 0 bridgehead atoms. The fourth-order valence-corrected chi connectivity index (χ4v) is 1.73. The van der Waals surface area contributed by atoms with Crippen molar-refractivity contribution in [1.82, 2.24) is 20.1 Å². The molecule has 1 N–H and O–H groups in total. The molecule has 1 aromatic heterocycles. The van der Waals surface area contributed by atoms with Crippen molar-refractivity contribution in [3.05, 3.63) is 12.2 Å². The van der Waals surface area contributed by atoms with Crippen LogP contribution in [-0.4, -0.2) is 27.9 Å². The Labute approximate surface area is 109 Å². The molecule has 0 saturated carbocycles. The highest BCUT2D eigenvalue weighted by Gasteiger charge is 2.15. The quantitative estimate of drug-likeness (QED) is 0.712. The van der Waals surface area contributed by atoms with Crippen LogP contribution in [0.2, 0.25) is 0 Å². The smallest absolute Gasteiger partial charge is 0.133 e. The van der Waals surface area contributed by atoms with Crippen molar-refractivity contribution < 1.29 is 0 Å². The molecule has 1 aromatic rings. The van der Waals surface area contributed by atoms with Crippen LogP contribution < -0.4 is 5.32 Å². The maximum Gasteiger partial charge on any atom is 0.133 e. The van der Waals surface area contributed by atoms with E-state index in [2.05, 4.69) is 21.6 Å². The van der Waals surface area contributed by atoms with E-state index in [0.717, 1.165) is 44.6 Å². The minimum Gasteiger partial charge on any atom is -0.321 e. The zero-order chi connectivity index (χ0) is 13.4. The summed E-state index contributed by atoms with van der Waals surface area (Å²) in [7, 11) is 1.96. The Hall–Kier alpha value is -1.41. The summed E-state index contributed by atoms with van der Waals surface area (Å²) in [6.45, 7) is 5.91. The van der Waals surface area contributed by atoms with E-state index in [1.165, 1.54) is 0 Å². The van der Waals surface area contributed by atoms with Crippen LogP contribution in [0, 0.1) is 16.7 Å². The molecule has 0 fully saturated rings. The van der Waals surface area contributed by atoms with Gasteiger partial charge in [0.25, 0.3) is 0 Å². The maximum absolute atomic E-state index is 8.89. The van der Waals surface area contributed by atoms with Gasteiger partial charge in [-0.25, -0.2) is 0 Å². The van der Waals surface area contributed by atoms with E-state index in [1.54, 1.807) is 6.33 Å². The third kappa shape index (κ3) is 5.28. The highest BCUT2D eigenvalue weighted by atomic mass is 15.2. The van der Waals surface area contributed by atoms with Gasteiger partial charge >= 0.3 is 0 Å². The molecule has 0 amide bonds. The van der Waals surface area contributed by atoms with E-state index in [-0.39, 0.29) is 5.41 Å². The van der Waals surface area contributed by atoms with Crippen LogP contribution in [0.4, 0.5) is 0 Å². The fourth-order valence-electron chi connectivity index (χ4n) is 1.73. The minimum atomic E-state index is -0.182. The lowest BCUT2D eigenvalue weighted by Gasteiger charge is -2.14. The fraction of sp³-hybridized carbons (Fsp3) is 0.769. The molecule has 0 unspecified atom stereocenters. The van der Waals surface area contributed by atoms with Crippen molar-refractivity contribution in [2.45, 2.75) is 39.5 Å². The molecule has 0 radical (unpaired) electrons. The number of unbranched alkanes of at least 4 members (excludes halogenated alkanes) is 1. The van der Waals surface area contributed by atoms with Crippen LogP contribution in [0.15, 0.2) is 6.33 Å². The molecule has 0 saturated heterocycles. The Kier molecular flexibility index (Phi) is 5.79.